The summed E-state index contributed by atoms with van der Waals surface area (Å²) in [5.41, 5.74) is 1.23. The Kier molecular flexibility index (Phi) is 4.31. The third-order valence-corrected chi connectivity index (χ3v) is 4.92. The van der Waals surface area contributed by atoms with Crippen LogP contribution in [0.2, 0.25) is 0 Å². The normalized spacial score (nSPS) is 25.7. The average Bonchev–Trinajstić information content (AvgIpc) is 2.99. The first kappa shape index (κ1) is 14.6. The van der Waals surface area contributed by atoms with E-state index in [0.29, 0.717) is 19.6 Å². The highest BCUT2D eigenvalue weighted by Gasteiger charge is 2.51. The minimum Gasteiger partial charge on any atom is -0.297 e. The summed E-state index contributed by atoms with van der Waals surface area (Å²) in [5, 5.41) is 0. The molecule has 1 aromatic carbocycles. The predicted molar refractivity (Wildman–Crippen MR) is 83.8 cm³/mol. The lowest BCUT2D eigenvalue weighted by Gasteiger charge is -2.20. The molecular formula is C16H20N2O2S. The Morgan fingerprint density at radius 3 is 2.29 bits per heavy atom. The molecule has 21 heavy (non-hydrogen) atoms. The largest absolute Gasteiger partial charge is 0.297 e. The highest BCUT2D eigenvalue weighted by atomic mass is 32.2. The summed E-state index contributed by atoms with van der Waals surface area (Å²) in [5.74, 6) is 0.653. The zero-order valence-corrected chi connectivity index (χ0v) is 13.0. The molecule has 2 atom stereocenters. The average molecular weight is 304 g/mol. The molecule has 112 valence electrons. The van der Waals surface area contributed by atoms with Crippen LogP contribution in [0.4, 0.5) is 0 Å². The second-order valence-corrected chi connectivity index (χ2v) is 6.70. The number of thioether (sulfide) groups is 1. The standard InChI is InChI=1S/C16H20N2O2S/c1-21-8-7-18-15(19)13-10-17(11-14(13)16(18)20)9-12-5-3-2-4-6-12/h2-6,13-14H,7-11H2,1H3/t13-,14-/m1/s1. The number of hydrogen-bond donors (Lipinski definition) is 0. The summed E-state index contributed by atoms with van der Waals surface area (Å²) < 4.78 is 0. The topological polar surface area (TPSA) is 40.6 Å². The zero-order valence-electron chi connectivity index (χ0n) is 12.2. The monoisotopic (exact) mass is 304 g/mol. The van der Waals surface area contributed by atoms with E-state index < -0.39 is 0 Å². The van der Waals surface area contributed by atoms with Crippen LogP contribution in [-0.2, 0) is 16.1 Å². The predicted octanol–water partition coefficient (Wildman–Crippen LogP) is 1.47. The van der Waals surface area contributed by atoms with Crippen LogP contribution in [0.25, 0.3) is 0 Å². The van der Waals surface area contributed by atoms with Crippen molar-refractivity contribution in [2.45, 2.75) is 6.54 Å². The van der Waals surface area contributed by atoms with Gasteiger partial charge >= 0.3 is 0 Å². The first-order valence-electron chi connectivity index (χ1n) is 7.31. The van der Waals surface area contributed by atoms with Crippen LogP contribution >= 0.6 is 11.8 Å². The molecule has 0 aliphatic carbocycles. The van der Waals surface area contributed by atoms with E-state index in [-0.39, 0.29) is 23.7 Å². The highest BCUT2D eigenvalue weighted by Crippen LogP contribution is 2.34. The summed E-state index contributed by atoms with van der Waals surface area (Å²) in [6, 6.07) is 10.2. The van der Waals surface area contributed by atoms with Gasteiger partial charge in [0.05, 0.1) is 11.8 Å². The number of hydrogen-bond acceptors (Lipinski definition) is 4. The van der Waals surface area contributed by atoms with Gasteiger partial charge in [-0.25, -0.2) is 0 Å². The Morgan fingerprint density at radius 1 is 1.10 bits per heavy atom. The molecule has 2 aliphatic heterocycles. The second kappa shape index (κ2) is 6.20. The summed E-state index contributed by atoms with van der Waals surface area (Å²) in [6.07, 6.45) is 1.99. The molecule has 2 saturated heterocycles. The lowest BCUT2D eigenvalue weighted by atomic mass is 10.00. The highest BCUT2D eigenvalue weighted by molar-refractivity contribution is 7.98. The number of carbonyl (C=O) groups is 2. The number of imide groups is 1. The molecule has 2 fully saturated rings. The fourth-order valence-electron chi connectivity index (χ4n) is 3.27. The number of amides is 2. The van der Waals surface area contributed by atoms with Crippen LogP contribution < -0.4 is 0 Å². The van der Waals surface area contributed by atoms with Crippen LogP contribution in [-0.4, -0.2) is 53.3 Å². The van der Waals surface area contributed by atoms with Gasteiger partial charge < -0.3 is 0 Å². The quantitative estimate of drug-likeness (QED) is 0.772. The van der Waals surface area contributed by atoms with Crippen LogP contribution in [0.3, 0.4) is 0 Å². The summed E-state index contributed by atoms with van der Waals surface area (Å²) in [7, 11) is 0. The lowest BCUT2D eigenvalue weighted by molar-refractivity contribution is -0.140. The molecule has 5 heteroatoms. The molecule has 0 radical (unpaired) electrons. The van der Waals surface area contributed by atoms with E-state index >= 15 is 0 Å². The Hall–Kier alpha value is -1.33. The van der Waals surface area contributed by atoms with Crippen molar-refractivity contribution in [3.63, 3.8) is 0 Å². The Bertz CT molecular complexity index is 510. The van der Waals surface area contributed by atoms with Crippen LogP contribution in [0.15, 0.2) is 30.3 Å². The van der Waals surface area contributed by atoms with E-state index in [1.165, 1.54) is 10.5 Å². The van der Waals surface area contributed by atoms with E-state index in [9.17, 15) is 9.59 Å². The van der Waals surface area contributed by atoms with Crippen molar-refractivity contribution in [3.05, 3.63) is 35.9 Å². The Balaban J connectivity index is 1.63. The molecule has 0 N–H and O–H groups in total. The third kappa shape index (κ3) is 2.85. The van der Waals surface area contributed by atoms with Crippen molar-refractivity contribution < 1.29 is 9.59 Å². The number of nitrogens with zero attached hydrogens (tertiary/aromatic N) is 2. The van der Waals surface area contributed by atoms with E-state index in [0.717, 1.165) is 12.3 Å². The third-order valence-electron chi connectivity index (χ3n) is 4.33. The maximum Gasteiger partial charge on any atom is 0.234 e. The second-order valence-electron chi connectivity index (χ2n) is 5.71. The molecule has 0 unspecified atom stereocenters. The number of fused-ring (bicyclic) bond motifs is 1. The molecule has 2 heterocycles. The lowest BCUT2D eigenvalue weighted by Crippen LogP contribution is -2.37. The molecule has 2 aliphatic rings. The molecule has 2 amide bonds. The Morgan fingerprint density at radius 2 is 1.71 bits per heavy atom. The summed E-state index contributed by atoms with van der Waals surface area (Å²) in [4.78, 5) is 28.4. The van der Waals surface area contributed by atoms with Crippen molar-refractivity contribution in [3.8, 4) is 0 Å². The van der Waals surface area contributed by atoms with Gasteiger partial charge in [-0.2, -0.15) is 11.8 Å². The van der Waals surface area contributed by atoms with Crippen LogP contribution in [0.5, 0.6) is 0 Å². The minimum atomic E-state index is -0.122. The van der Waals surface area contributed by atoms with Crippen molar-refractivity contribution in [1.82, 2.24) is 9.80 Å². The minimum absolute atomic E-state index is 0.0367. The number of benzene rings is 1. The molecule has 0 aromatic heterocycles. The van der Waals surface area contributed by atoms with Crippen LogP contribution in [0, 0.1) is 11.8 Å². The SMILES string of the molecule is CSCCN1C(=O)[C@@H]2CN(Cc3ccccc3)C[C@H]2C1=O. The Labute approximate surface area is 129 Å². The van der Waals surface area contributed by atoms with E-state index in [4.69, 9.17) is 0 Å². The van der Waals surface area contributed by atoms with Crippen molar-refractivity contribution in [2.75, 3.05) is 31.6 Å². The smallest absolute Gasteiger partial charge is 0.234 e. The van der Waals surface area contributed by atoms with Crippen LogP contribution in [0.1, 0.15) is 5.56 Å². The van der Waals surface area contributed by atoms with Gasteiger partial charge in [-0.15, -0.1) is 0 Å². The maximum absolute atomic E-state index is 12.4. The van der Waals surface area contributed by atoms with Gasteiger partial charge in [0.2, 0.25) is 11.8 Å². The van der Waals surface area contributed by atoms with Gasteiger partial charge in [-0.05, 0) is 11.8 Å². The number of likely N-dealkylation sites (tertiary alicyclic amines) is 2. The van der Waals surface area contributed by atoms with E-state index in [1.807, 2.05) is 24.5 Å². The molecule has 3 rings (SSSR count). The fourth-order valence-corrected chi connectivity index (χ4v) is 3.63. The molecule has 0 saturated carbocycles. The molecule has 0 bridgehead atoms. The summed E-state index contributed by atoms with van der Waals surface area (Å²) in [6.45, 7) is 2.80. The first-order valence-corrected chi connectivity index (χ1v) is 8.70. The van der Waals surface area contributed by atoms with Crippen molar-refractivity contribution in [1.29, 1.82) is 0 Å². The molecule has 4 nitrogen and oxygen atoms in total. The van der Waals surface area contributed by atoms with Gasteiger partial charge in [0.1, 0.15) is 0 Å². The molecule has 0 spiro atoms. The van der Waals surface area contributed by atoms with Gasteiger partial charge in [0.25, 0.3) is 0 Å². The van der Waals surface area contributed by atoms with Crippen molar-refractivity contribution >= 4 is 23.6 Å². The van der Waals surface area contributed by atoms with Gasteiger partial charge in [0.15, 0.2) is 0 Å². The zero-order chi connectivity index (χ0) is 14.8. The first-order chi connectivity index (χ1) is 10.2. The fraction of sp³-hybridized carbons (Fsp3) is 0.500. The van der Waals surface area contributed by atoms with Gasteiger partial charge in [-0.1, -0.05) is 30.3 Å². The summed E-state index contributed by atoms with van der Waals surface area (Å²) >= 11 is 1.67. The number of rotatable bonds is 5. The van der Waals surface area contributed by atoms with Crippen molar-refractivity contribution in [2.24, 2.45) is 11.8 Å². The van der Waals surface area contributed by atoms with Gasteiger partial charge in [-0.3, -0.25) is 19.4 Å². The van der Waals surface area contributed by atoms with E-state index in [2.05, 4.69) is 17.0 Å². The molecule has 1 aromatic rings. The molecular weight excluding hydrogens is 284 g/mol. The van der Waals surface area contributed by atoms with Gasteiger partial charge in [0, 0.05) is 31.9 Å². The van der Waals surface area contributed by atoms with E-state index in [1.54, 1.807) is 11.8 Å². The maximum atomic E-state index is 12.4. The number of carbonyl (C=O) groups excluding carboxylic acids is 2.